The molecular weight excluding hydrogens is 407 g/mol. The molecule has 2 aromatic rings. The fraction of sp³-hybridized carbons (Fsp3) is 0.455. The van der Waals surface area contributed by atoms with E-state index in [9.17, 15) is 0 Å². The van der Waals surface area contributed by atoms with Gasteiger partial charge in [-0.05, 0) is 42.7 Å². The molecule has 0 aliphatic carbocycles. The number of halogens is 5. The Hall–Kier alpha value is -1.76. The molecule has 0 fully saturated rings. The summed E-state index contributed by atoms with van der Waals surface area (Å²) in [6, 6.07) is 19.2. The van der Waals surface area contributed by atoms with Crippen molar-refractivity contribution in [1.29, 1.82) is 0 Å². The third-order valence-electron chi connectivity index (χ3n) is 4.09. The molecule has 0 amide bonds. The highest BCUT2D eigenvalue weighted by molar-refractivity contribution is 7.99. The van der Waals surface area contributed by atoms with Gasteiger partial charge in [0.15, 0.2) is 0 Å². The summed E-state index contributed by atoms with van der Waals surface area (Å²) in [6.07, 6.45) is 8.93. The van der Waals surface area contributed by atoms with Gasteiger partial charge in [0.25, 0.3) is 0 Å². The van der Waals surface area contributed by atoms with Gasteiger partial charge in [0.1, 0.15) is 5.75 Å². The predicted octanol–water partition coefficient (Wildman–Crippen LogP) is 7.52. The van der Waals surface area contributed by atoms with Crippen LogP contribution in [0.15, 0.2) is 59.5 Å². The van der Waals surface area contributed by atoms with Gasteiger partial charge in [0.05, 0.1) is 6.61 Å². The minimum absolute atomic E-state index is 0. The Kier molecular flexibility index (Phi) is 27.0. The van der Waals surface area contributed by atoms with Crippen molar-refractivity contribution < 1.29 is 28.3 Å². The van der Waals surface area contributed by atoms with Crippen molar-refractivity contribution in [3.63, 3.8) is 0 Å². The molecule has 7 heteroatoms. The van der Waals surface area contributed by atoms with Crippen molar-refractivity contribution in [1.82, 2.24) is 0 Å². The van der Waals surface area contributed by atoms with Crippen LogP contribution in [0.2, 0.25) is 0 Å². The van der Waals surface area contributed by atoms with E-state index in [4.69, 9.17) is 4.74 Å². The van der Waals surface area contributed by atoms with Crippen molar-refractivity contribution in [2.75, 3.05) is 12.4 Å². The van der Waals surface area contributed by atoms with Crippen LogP contribution in [-0.2, 0) is 6.42 Å². The maximum Gasteiger partial charge on any atom is 0.119 e. The highest BCUT2D eigenvalue weighted by Crippen LogP contribution is 2.20. The molecule has 1 nitrogen and oxygen atoms in total. The van der Waals surface area contributed by atoms with Crippen molar-refractivity contribution in [3.8, 4) is 5.75 Å². The summed E-state index contributed by atoms with van der Waals surface area (Å²) in [5.41, 5.74) is 1.38. The predicted molar refractivity (Wildman–Crippen MR) is 119 cm³/mol. The molecule has 0 saturated carbocycles. The molecule has 0 N–H and O–H groups in total. The first-order valence-corrected chi connectivity index (χ1v) is 10.3. The minimum Gasteiger partial charge on any atom is -0.494 e. The Balaban J connectivity index is -0.000000625. The van der Waals surface area contributed by atoms with E-state index in [0.29, 0.717) is 0 Å². The number of thioether (sulfide) groups is 1. The van der Waals surface area contributed by atoms with E-state index in [-0.39, 0.29) is 23.5 Å². The lowest BCUT2D eigenvalue weighted by atomic mass is 10.1. The van der Waals surface area contributed by atoms with E-state index in [1.807, 2.05) is 11.8 Å². The molecular formula is C22H35F5OS. The average Bonchev–Trinajstić information content (AvgIpc) is 2.63. The Bertz CT molecular complexity index is 555. The van der Waals surface area contributed by atoms with Crippen LogP contribution in [0.3, 0.4) is 0 Å². The Labute approximate surface area is 175 Å². The van der Waals surface area contributed by atoms with E-state index >= 15 is 0 Å². The number of rotatable bonds is 12. The lowest BCUT2D eigenvalue weighted by Crippen LogP contribution is -1.97. The number of unbranched alkanes of at least 4 members (excludes halogenated alkanes) is 5. The molecule has 0 radical (unpaired) electrons. The second-order valence-corrected chi connectivity index (χ2v) is 7.34. The quantitative estimate of drug-likeness (QED) is 0.191. The van der Waals surface area contributed by atoms with Gasteiger partial charge in [-0.1, -0.05) is 69.4 Å². The third kappa shape index (κ3) is 15.8. The molecule has 0 aliphatic heterocycles. The lowest BCUT2D eigenvalue weighted by Gasteiger charge is -2.07. The molecule has 0 aromatic heterocycles. The standard InChI is InChI=1S/C22H30OS.5FH/c1-2-3-4-5-6-10-18-23-21-15-13-20(14-16-21)17-19-24-22-11-8-7-9-12-22;;;;;/h7-9,11-16H,2-6,10,17-19H2,1H3;5*1H. The number of ether oxygens (including phenoxy) is 1. The van der Waals surface area contributed by atoms with Crippen LogP contribution in [0.1, 0.15) is 51.0 Å². The molecule has 2 aromatic carbocycles. The second-order valence-electron chi connectivity index (χ2n) is 6.17. The van der Waals surface area contributed by atoms with Crippen LogP contribution in [0.5, 0.6) is 5.75 Å². The summed E-state index contributed by atoms with van der Waals surface area (Å²) in [6.45, 7) is 3.10. The highest BCUT2D eigenvalue weighted by Gasteiger charge is 1.98. The maximum atomic E-state index is 5.84. The number of benzene rings is 2. The van der Waals surface area contributed by atoms with Crippen LogP contribution in [0.25, 0.3) is 0 Å². The van der Waals surface area contributed by atoms with Gasteiger partial charge < -0.3 is 4.74 Å². The molecule has 170 valence electrons. The summed E-state index contributed by atoms with van der Waals surface area (Å²) in [4.78, 5) is 1.34. The largest absolute Gasteiger partial charge is 0.494 e. The van der Waals surface area contributed by atoms with Crippen LogP contribution in [-0.4, -0.2) is 12.4 Å². The van der Waals surface area contributed by atoms with Gasteiger partial charge in [0.2, 0.25) is 0 Å². The van der Waals surface area contributed by atoms with Crippen molar-refractivity contribution in [3.05, 3.63) is 60.2 Å². The summed E-state index contributed by atoms with van der Waals surface area (Å²) < 4.78 is 5.84. The van der Waals surface area contributed by atoms with E-state index in [1.165, 1.54) is 49.0 Å². The van der Waals surface area contributed by atoms with Crippen LogP contribution < -0.4 is 4.74 Å². The Morgan fingerprint density at radius 1 is 0.690 bits per heavy atom. The first-order chi connectivity index (χ1) is 11.9. The summed E-state index contributed by atoms with van der Waals surface area (Å²) >= 11 is 1.91. The Morgan fingerprint density at radius 2 is 1.28 bits per heavy atom. The van der Waals surface area contributed by atoms with Crippen LogP contribution in [0, 0.1) is 0 Å². The zero-order valence-corrected chi connectivity index (χ0v) is 17.7. The van der Waals surface area contributed by atoms with E-state index in [0.717, 1.165) is 24.5 Å². The Morgan fingerprint density at radius 3 is 1.90 bits per heavy atom. The molecule has 0 atom stereocenters. The van der Waals surface area contributed by atoms with E-state index in [2.05, 4.69) is 61.5 Å². The fourth-order valence-corrected chi connectivity index (χ4v) is 3.55. The first-order valence-electron chi connectivity index (χ1n) is 9.28. The smallest absolute Gasteiger partial charge is 0.119 e. The normalized spacial score (nSPS) is 8.86. The molecule has 29 heavy (non-hydrogen) atoms. The van der Waals surface area contributed by atoms with Crippen LogP contribution >= 0.6 is 11.8 Å². The number of hydrogen-bond donors (Lipinski definition) is 0. The van der Waals surface area contributed by atoms with Crippen molar-refractivity contribution in [2.24, 2.45) is 0 Å². The summed E-state index contributed by atoms with van der Waals surface area (Å²) in [5, 5.41) is 0. The van der Waals surface area contributed by atoms with Gasteiger partial charge in [-0.15, -0.1) is 11.8 Å². The van der Waals surface area contributed by atoms with Gasteiger partial charge >= 0.3 is 0 Å². The molecule has 0 heterocycles. The van der Waals surface area contributed by atoms with Gasteiger partial charge in [-0.3, -0.25) is 23.5 Å². The maximum absolute atomic E-state index is 5.84. The van der Waals surface area contributed by atoms with Gasteiger partial charge in [0, 0.05) is 10.6 Å². The van der Waals surface area contributed by atoms with Crippen LogP contribution in [0.4, 0.5) is 23.5 Å². The fourth-order valence-electron chi connectivity index (χ4n) is 2.63. The summed E-state index contributed by atoms with van der Waals surface area (Å²) in [7, 11) is 0. The second kappa shape index (κ2) is 22.5. The molecule has 0 saturated heterocycles. The SMILES string of the molecule is CCCCCCCCOc1ccc(CCSc2ccccc2)cc1.F.F.F.F.F. The zero-order valence-electron chi connectivity index (χ0n) is 16.9. The van der Waals surface area contributed by atoms with E-state index < -0.39 is 0 Å². The van der Waals surface area contributed by atoms with Gasteiger partial charge in [-0.2, -0.15) is 0 Å². The molecule has 0 spiro atoms. The third-order valence-corrected chi connectivity index (χ3v) is 5.11. The first kappa shape index (κ1) is 34.7. The topological polar surface area (TPSA) is 9.23 Å². The van der Waals surface area contributed by atoms with Gasteiger partial charge in [-0.25, -0.2) is 0 Å². The minimum atomic E-state index is 0. The lowest BCUT2D eigenvalue weighted by molar-refractivity contribution is 0.304. The molecule has 0 unspecified atom stereocenters. The zero-order chi connectivity index (χ0) is 16.9. The van der Waals surface area contributed by atoms with E-state index in [1.54, 1.807) is 0 Å². The molecule has 2 rings (SSSR count). The van der Waals surface area contributed by atoms with Crippen molar-refractivity contribution >= 4 is 11.8 Å². The number of hydrogen-bond acceptors (Lipinski definition) is 2. The monoisotopic (exact) mass is 442 g/mol. The highest BCUT2D eigenvalue weighted by atomic mass is 32.2. The van der Waals surface area contributed by atoms with Crippen molar-refractivity contribution in [2.45, 2.75) is 56.8 Å². The molecule has 0 bridgehead atoms. The number of aryl methyl sites for hydroxylation is 1. The summed E-state index contributed by atoms with van der Waals surface area (Å²) in [5.74, 6) is 2.12. The average molecular weight is 443 g/mol. The molecule has 0 aliphatic rings.